The van der Waals surface area contributed by atoms with Crippen molar-refractivity contribution in [1.29, 1.82) is 0 Å². The average Bonchev–Trinajstić information content (AvgIpc) is 2.60. The Morgan fingerprint density at radius 2 is 1.92 bits per heavy atom. The molecule has 0 aliphatic carbocycles. The van der Waals surface area contributed by atoms with Gasteiger partial charge in [0.2, 0.25) is 0 Å². The summed E-state index contributed by atoms with van der Waals surface area (Å²) in [6, 6.07) is 5.15. The molecule has 0 bridgehead atoms. The molecule has 0 radical (unpaired) electrons. The maximum atomic E-state index is 12.8. The zero-order chi connectivity index (χ0) is 18.3. The molecule has 25 heavy (non-hydrogen) atoms. The molecule has 1 aromatic carbocycles. The topological polar surface area (TPSA) is 62.9 Å². The summed E-state index contributed by atoms with van der Waals surface area (Å²) in [7, 11) is 0. The largest absolute Gasteiger partial charge is 0.416 e. The molecular formula is C17H25F3N4O. The molecule has 1 aliphatic rings. The smallest absolute Gasteiger partial charge is 0.379 e. The van der Waals surface area contributed by atoms with Gasteiger partial charge in [-0.2, -0.15) is 13.2 Å². The number of benzene rings is 1. The van der Waals surface area contributed by atoms with Gasteiger partial charge in [0.05, 0.1) is 31.4 Å². The van der Waals surface area contributed by atoms with Gasteiger partial charge in [-0.25, -0.2) is 0 Å². The predicted molar refractivity (Wildman–Crippen MR) is 91.4 cm³/mol. The lowest BCUT2D eigenvalue weighted by Gasteiger charge is -2.34. The van der Waals surface area contributed by atoms with Crippen molar-refractivity contribution in [1.82, 2.24) is 10.2 Å². The molecule has 1 unspecified atom stereocenters. The molecule has 0 amide bonds. The van der Waals surface area contributed by atoms with E-state index in [1.54, 1.807) is 0 Å². The summed E-state index contributed by atoms with van der Waals surface area (Å²) >= 11 is 0. The van der Waals surface area contributed by atoms with Crippen LogP contribution < -0.4 is 11.1 Å². The lowest BCUT2D eigenvalue weighted by Crippen LogP contribution is -2.41. The van der Waals surface area contributed by atoms with Gasteiger partial charge in [0.25, 0.3) is 0 Å². The molecular weight excluding hydrogens is 333 g/mol. The van der Waals surface area contributed by atoms with Crippen molar-refractivity contribution in [3.05, 3.63) is 35.4 Å². The summed E-state index contributed by atoms with van der Waals surface area (Å²) in [6.07, 6.45) is -3.40. The number of rotatable bonds is 6. The van der Waals surface area contributed by atoms with E-state index in [0.717, 1.165) is 30.7 Å². The SMILES string of the molecule is CCCNC(N)=NCC(c1ccc(C(F)(F)F)cc1)N1CCOCC1. The Bertz CT molecular complexity index is 554. The highest BCUT2D eigenvalue weighted by atomic mass is 19.4. The minimum Gasteiger partial charge on any atom is -0.379 e. The van der Waals surface area contributed by atoms with Crippen LogP contribution in [0.3, 0.4) is 0 Å². The molecule has 0 aromatic heterocycles. The number of nitrogens with two attached hydrogens (primary N) is 1. The number of halogens is 3. The van der Waals surface area contributed by atoms with E-state index >= 15 is 0 Å². The first-order valence-corrected chi connectivity index (χ1v) is 8.44. The summed E-state index contributed by atoms with van der Waals surface area (Å²) in [5.41, 5.74) is 5.99. The maximum absolute atomic E-state index is 12.8. The van der Waals surface area contributed by atoms with Crippen molar-refractivity contribution < 1.29 is 17.9 Å². The van der Waals surface area contributed by atoms with Crippen LogP contribution in [0.2, 0.25) is 0 Å². The minimum atomic E-state index is -4.33. The first kappa shape index (κ1) is 19.5. The number of nitrogens with one attached hydrogen (secondary N) is 1. The van der Waals surface area contributed by atoms with Gasteiger partial charge in [-0.15, -0.1) is 0 Å². The van der Waals surface area contributed by atoms with Crippen molar-refractivity contribution in [2.75, 3.05) is 39.4 Å². The standard InChI is InChI=1S/C17H25F3N4O/c1-2-7-22-16(21)23-12-15(24-8-10-25-11-9-24)13-3-5-14(6-4-13)17(18,19)20/h3-6,15H,2,7-12H2,1H3,(H3,21,22,23). The molecule has 1 fully saturated rings. The zero-order valence-corrected chi connectivity index (χ0v) is 14.4. The summed E-state index contributed by atoms with van der Waals surface area (Å²) in [5.74, 6) is 0.354. The van der Waals surface area contributed by atoms with E-state index in [0.29, 0.717) is 38.8 Å². The number of aliphatic imine (C=N–C) groups is 1. The summed E-state index contributed by atoms with van der Waals surface area (Å²) < 4.78 is 43.7. The molecule has 0 spiro atoms. The second-order valence-corrected chi connectivity index (χ2v) is 5.94. The molecule has 1 aliphatic heterocycles. The van der Waals surface area contributed by atoms with Gasteiger partial charge in [-0.1, -0.05) is 19.1 Å². The number of hydrogen-bond acceptors (Lipinski definition) is 3. The van der Waals surface area contributed by atoms with Crippen molar-refractivity contribution in [3.63, 3.8) is 0 Å². The Morgan fingerprint density at radius 3 is 2.48 bits per heavy atom. The van der Waals surface area contributed by atoms with Gasteiger partial charge >= 0.3 is 6.18 Å². The predicted octanol–water partition coefficient (Wildman–Crippen LogP) is 2.39. The second kappa shape index (κ2) is 9.05. The van der Waals surface area contributed by atoms with Gasteiger partial charge < -0.3 is 15.8 Å². The first-order valence-electron chi connectivity index (χ1n) is 8.44. The molecule has 3 N–H and O–H groups in total. The number of morpholine rings is 1. The Labute approximate surface area is 146 Å². The minimum absolute atomic E-state index is 0.131. The zero-order valence-electron chi connectivity index (χ0n) is 14.4. The number of nitrogens with zero attached hydrogens (tertiary/aromatic N) is 2. The van der Waals surface area contributed by atoms with Crippen LogP contribution in [0.4, 0.5) is 13.2 Å². The Hall–Kier alpha value is -1.80. The summed E-state index contributed by atoms with van der Waals surface area (Å²) in [5, 5.41) is 3.01. The summed E-state index contributed by atoms with van der Waals surface area (Å²) in [4.78, 5) is 6.53. The molecule has 8 heteroatoms. The Kier molecular flexibility index (Phi) is 7.07. The maximum Gasteiger partial charge on any atom is 0.416 e. The van der Waals surface area contributed by atoms with E-state index < -0.39 is 11.7 Å². The van der Waals surface area contributed by atoms with E-state index in [4.69, 9.17) is 10.5 Å². The Morgan fingerprint density at radius 1 is 1.28 bits per heavy atom. The van der Waals surface area contributed by atoms with E-state index in [1.165, 1.54) is 12.1 Å². The molecule has 1 aromatic rings. The fourth-order valence-corrected chi connectivity index (χ4v) is 2.71. The molecule has 1 atom stereocenters. The van der Waals surface area contributed by atoms with Crippen LogP contribution in [-0.2, 0) is 10.9 Å². The fourth-order valence-electron chi connectivity index (χ4n) is 2.71. The highest BCUT2D eigenvalue weighted by molar-refractivity contribution is 5.77. The number of ether oxygens (including phenoxy) is 1. The lowest BCUT2D eigenvalue weighted by atomic mass is 10.0. The molecule has 1 saturated heterocycles. The van der Waals surface area contributed by atoms with Gasteiger partial charge in [-0.3, -0.25) is 9.89 Å². The average molecular weight is 358 g/mol. The van der Waals surface area contributed by atoms with Crippen LogP contribution in [0.5, 0.6) is 0 Å². The van der Waals surface area contributed by atoms with Crippen molar-refractivity contribution >= 4 is 5.96 Å². The fraction of sp³-hybridized carbons (Fsp3) is 0.588. The van der Waals surface area contributed by atoms with Crippen molar-refractivity contribution in [2.45, 2.75) is 25.6 Å². The molecule has 140 valence electrons. The lowest BCUT2D eigenvalue weighted by molar-refractivity contribution is -0.137. The van der Waals surface area contributed by atoms with Crippen LogP contribution in [0.25, 0.3) is 0 Å². The van der Waals surface area contributed by atoms with E-state index in [-0.39, 0.29) is 6.04 Å². The third-order valence-corrected chi connectivity index (χ3v) is 4.10. The van der Waals surface area contributed by atoms with Crippen LogP contribution in [-0.4, -0.2) is 50.3 Å². The Balaban J connectivity index is 2.16. The molecule has 5 nitrogen and oxygen atoms in total. The third-order valence-electron chi connectivity index (χ3n) is 4.10. The molecule has 2 rings (SSSR count). The van der Waals surface area contributed by atoms with Crippen LogP contribution in [0, 0.1) is 0 Å². The van der Waals surface area contributed by atoms with Gasteiger partial charge in [0.1, 0.15) is 0 Å². The highest BCUT2D eigenvalue weighted by Gasteiger charge is 2.31. The highest BCUT2D eigenvalue weighted by Crippen LogP contribution is 2.31. The van der Waals surface area contributed by atoms with Crippen LogP contribution in [0.1, 0.15) is 30.5 Å². The number of hydrogen-bond donors (Lipinski definition) is 2. The van der Waals surface area contributed by atoms with E-state index in [2.05, 4.69) is 15.2 Å². The quantitative estimate of drug-likeness (QED) is 0.605. The van der Waals surface area contributed by atoms with Crippen LogP contribution >= 0.6 is 0 Å². The van der Waals surface area contributed by atoms with Crippen molar-refractivity contribution in [3.8, 4) is 0 Å². The van der Waals surface area contributed by atoms with Gasteiger partial charge in [0, 0.05) is 19.6 Å². The second-order valence-electron chi connectivity index (χ2n) is 5.94. The third kappa shape index (κ3) is 5.89. The van der Waals surface area contributed by atoms with E-state index in [9.17, 15) is 13.2 Å². The first-order chi connectivity index (χ1) is 11.9. The summed E-state index contributed by atoms with van der Waals surface area (Å²) in [6.45, 7) is 5.77. The molecule has 1 heterocycles. The van der Waals surface area contributed by atoms with Crippen molar-refractivity contribution in [2.24, 2.45) is 10.7 Å². The number of alkyl halides is 3. The van der Waals surface area contributed by atoms with E-state index in [1.807, 2.05) is 6.92 Å². The monoisotopic (exact) mass is 358 g/mol. The molecule has 0 saturated carbocycles. The van der Waals surface area contributed by atoms with Gasteiger partial charge in [0.15, 0.2) is 5.96 Å². The van der Waals surface area contributed by atoms with Gasteiger partial charge in [-0.05, 0) is 24.1 Å². The van der Waals surface area contributed by atoms with Crippen LogP contribution in [0.15, 0.2) is 29.3 Å². The number of guanidine groups is 1. The normalized spacial score (nSPS) is 18.2.